The van der Waals surface area contributed by atoms with E-state index in [0.717, 1.165) is 6.42 Å². The third-order valence-electron chi connectivity index (χ3n) is 0.756. The number of carbonyl (C=O) groups excluding carboxylic acids is 1. The van der Waals surface area contributed by atoms with Gasteiger partial charge in [0, 0.05) is 6.42 Å². The van der Waals surface area contributed by atoms with Gasteiger partial charge in [-0.1, -0.05) is 13.8 Å². The van der Waals surface area contributed by atoms with Crippen molar-refractivity contribution in [3.05, 3.63) is 0 Å². The van der Waals surface area contributed by atoms with Crippen LogP contribution in [0.15, 0.2) is 0 Å². The fraction of sp³-hybridized carbons (Fsp3) is 0.833. The quantitative estimate of drug-likeness (QED) is 0.556. The van der Waals surface area contributed by atoms with E-state index in [0.29, 0.717) is 13.0 Å². The normalized spacial score (nSPS) is 7.78. The van der Waals surface area contributed by atoms with E-state index in [1.807, 2.05) is 6.92 Å². The molecule has 0 aliphatic rings. The first kappa shape index (κ1) is 12.1. The molecule has 0 aliphatic heterocycles. The van der Waals surface area contributed by atoms with Gasteiger partial charge in [-0.05, 0) is 6.42 Å². The van der Waals surface area contributed by atoms with Crippen LogP contribution in [0.2, 0.25) is 0 Å². The molecular weight excluding hydrogens is 311 g/mol. The predicted molar refractivity (Wildman–Crippen MR) is 40.1 cm³/mol. The van der Waals surface area contributed by atoms with Crippen molar-refractivity contribution in [3.8, 4) is 0 Å². The minimum absolute atomic E-state index is 0. The van der Waals surface area contributed by atoms with Crippen LogP contribution in [0.25, 0.3) is 0 Å². The summed E-state index contributed by atoms with van der Waals surface area (Å²) < 4.78 is 4.70. The van der Waals surface area contributed by atoms with Gasteiger partial charge in [0.25, 0.3) is 0 Å². The van der Waals surface area contributed by atoms with Crippen LogP contribution < -0.4 is 0 Å². The summed E-state index contributed by atoms with van der Waals surface area (Å²) in [5, 5.41) is 0. The summed E-state index contributed by atoms with van der Waals surface area (Å²) >= 11 is 0. The molecule has 0 fully saturated rings. The molecule has 2 radical (unpaired) electrons. The average Bonchev–Trinajstić information content (AvgIpc) is 1.83. The van der Waals surface area contributed by atoms with E-state index in [-0.39, 0.29) is 33.3 Å². The van der Waals surface area contributed by atoms with Crippen molar-refractivity contribution in [2.75, 3.05) is 6.61 Å². The minimum atomic E-state index is -0.105. The van der Waals surface area contributed by atoms with E-state index in [1.165, 1.54) is 0 Å². The molecule has 0 aliphatic carbocycles. The summed E-state index contributed by atoms with van der Waals surface area (Å²) in [6.07, 6.45) is 1.39. The van der Waals surface area contributed by atoms with E-state index in [2.05, 4.69) is 0 Å². The molecule has 0 saturated carbocycles. The monoisotopic (exact) mass is 326 g/mol. The standard InChI is InChI=1S/C6H12O2.Pb.2H/c1-3-5-8-6(7)4-2;;;/h3-5H2,1-2H3;;;. The van der Waals surface area contributed by atoms with Gasteiger partial charge >= 0.3 is 33.3 Å². The van der Waals surface area contributed by atoms with Gasteiger partial charge in [0.15, 0.2) is 0 Å². The van der Waals surface area contributed by atoms with Crippen LogP contribution >= 0.6 is 0 Å². The number of hydrogen-bond donors (Lipinski definition) is 0. The van der Waals surface area contributed by atoms with Crippen LogP contribution in [0, 0.1) is 0 Å². The number of esters is 1. The summed E-state index contributed by atoms with van der Waals surface area (Å²) in [4.78, 5) is 10.3. The van der Waals surface area contributed by atoms with Gasteiger partial charge in [-0.2, -0.15) is 0 Å². The first-order valence-electron chi connectivity index (χ1n) is 2.96. The van der Waals surface area contributed by atoms with Gasteiger partial charge in [-0.25, -0.2) is 0 Å². The van der Waals surface area contributed by atoms with Crippen LogP contribution in [0.3, 0.4) is 0 Å². The van der Waals surface area contributed by atoms with E-state index in [4.69, 9.17) is 4.74 Å². The number of carbonyl (C=O) groups is 1. The predicted octanol–water partition coefficient (Wildman–Crippen LogP) is 0.433. The Morgan fingerprint density at radius 3 is 2.33 bits per heavy atom. The van der Waals surface area contributed by atoms with Gasteiger partial charge in [0.2, 0.25) is 0 Å². The first-order valence-corrected chi connectivity index (χ1v) is 2.96. The molecule has 54 valence electrons. The molecule has 0 atom stereocenters. The molecule has 0 bridgehead atoms. The van der Waals surface area contributed by atoms with Crippen LogP contribution in [0.1, 0.15) is 26.7 Å². The number of hydrogen-bond acceptors (Lipinski definition) is 2. The van der Waals surface area contributed by atoms with Crippen LogP contribution in [-0.4, -0.2) is 39.9 Å². The molecule has 9 heavy (non-hydrogen) atoms. The molecule has 0 spiro atoms. The first-order chi connectivity index (χ1) is 3.81. The molecule has 0 aromatic rings. The third-order valence-corrected chi connectivity index (χ3v) is 0.756. The molecule has 0 aromatic heterocycles. The molecule has 2 nitrogen and oxygen atoms in total. The van der Waals surface area contributed by atoms with Crippen molar-refractivity contribution in [3.63, 3.8) is 0 Å². The van der Waals surface area contributed by atoms with Gasteiger partial charge in [-0.15, -0.1) is 0 Å². The van der Waals surface area contributed by atoms with Crippen LogP contribution in [0.4, 0.5) is 0 Å². The molecule has 0 amide bonds. The summed E-state index contributed by atoms with van der Waals surface area (Å²) in [6.45, 7) is 4.33. The van der Waals surface area contributed by atoms with Gasteiger partial charge in [0.05, 0.1) is 6.61 Å². The Labute approximate surface area is 76.1 Å². The molecule has 0 aromatic carbocycles. The van der Waals surface area contributed by atoms with Gasteiger partial charge in [-0.3, -0.25) is 4.79 Å². The molecule has 0 saturated heterocycles. The zero-order valence-corrected chi connectivity index (χ0v) is 11.6. The second-order valence-corrected chi connectivity index (χ2v) is 1.57. The number of rotatable bonds is 3. The topological polar surface area (TPSA) is 26.3 Å². The van der Waals surface area contributed by atoms with Crippen molar-refractivity contribution in [1.29, 1.82) is 0 Å². The van der Waals surface area contributed by atoms with Crippen molar-refractivity contribution < 1.29 is 9.53 Å². The Morgan fingerprint density at radius 2 is 2.00 bits per heavy atom. The zero-order chi connectivity index (χ0) is 6.41. The summed E-state index contributed by atoms with van der Waals surface area (Å²) in [5.41, 5.74) is 0. The molecule has 0 N–H and O–H groups in total. The molecule has 3 heteroatoms. The van der Waals surface area contributed by atoms with Crippen molar-refractivity contribution >= 4 is 33.3 Å². The molecule has 0 rings (SSSR count). The average molecular weight is 325 g/mol. The summed E-state index contributed by atoms with van der Waals surface area (Å²) in [5.74, 6) is -0.105. The Balaban J connectivity index is 0. The fourth-order valence-corrected chi connectivity index (χ4v) is 0.318. The summed E-state index contributed by atoms with van der Waals surface area (Å²) in [6, 6.07) is 0. The number of ether oxygens (including phenoxy) is 1. The van der Waals surface area contributed by atoms with Crippen LogP contribution in [0.5, 0.6) is 0 Å². The maximum atomic E-state index is 10.3. The van der Waals surface area contributed by atoms with E-state index in [9.17, 15) is 4.79 Å². The zero-order valence-electron chi connectivity index (χ0n) is 6.14. The second-order valence-electron chi connectivity index (χ2n) is 1.57. The van der Waals surface area contributed by atoms with Crippen molar-refractivity contribution in [2.24, 2.45) is 0 Å². The van der Waals surface area contributed by atoms with Crippen LogP contribution in [-0.2, 0) is 9.53 Å². The van der Waals surface area contributed by atoms with E-state index >= 15 is 0 Å². The molecular formula is C6H14O2Pb. The Morgan fingerprint density at radius 1 is 1.44 bits per heavy atom. The summed E-state index contributed by atoms with van der Waals surface area (Å²) in [7, 11) is 0. The Bertz CT molecular complexity index is 73.5. The molecule has 0 heterocycles. The second kappa shape index (κ2) is 8.39. The van der Waals surface area contributed by atoms with E-state index < -0.39 is 0 Å². The maximum absolute atomic E-state index is 10.3. The van der Waals surface area contributed by atoms with Gasteiger partial charge < -0.3 is 4.74 Å². The third kappa shape index (κ3) is 8.39. The van der Waals surface area contributed by atoms with Crippen molar-refractivity contribution in [2.45, 2.75) is 26.7 Å². The van der Waals surface area contributed by atoms with Crippen molar-refractivity contribution in [1.82, 2.24) is 0 Å². The van der Waals surface area contributed by atoms with Gasteiger partial charge in [0.1, 0.15) is 0 Å². The fourth-order valence-electron chi connectivity index (χ4n) is 0.318. The van der Waals surface area contributed by atoms with E-state index in [1.54, 1.807) is 6.92 Å². The Kier molecular flexibility index (Phi) is 11.3. The SMILES string of the molecule is CCCOC(=O)CC.[PbH2]. The Hall–Kier alpha value is 0.392. The molecule has 0 unspecified atom stereocenters.